The Kier molecular flexibility index (Phi) is 10.4. The van der Waals surface area contributed by atoms with E-state index in [1.165, 1.54) is 50.1 Å². The molecule has 0 fully saturated rings. The van der Waals surface area contributed by atoms with Crippen LogP contribution in [0.15, 0.2) is 100 Å². The number of rotatable bonds is 4. The molecule has 0 aromatic heterocycles. The molecule has 0 saturated carbocycles. The van der Waals surface area contributed by atoms with E-state index in [1.54, 1.807) is 15.5 Å². The average Bonchev–Trinajstić information content (AvgIpc) is 3.60. The molecular weight excluding hydrogens is 742 g/mol. The summed E-state index contributed by atoms with van der Waals surface area (Å²) in [6.45, 7) is 18.5. The molecule has 0 nitrogen and oxygen atoms in total. The summed E-state index contributed by atoms with van der Waals surface area (Å²) in [6.07, 6.45) is 9.28. The maximum Gasteiger partial charge on any atom is -0.147 e. The summed E-state index contributed by atoms with van der Waals surface area (Å²) in [5.41, 5.74) is 14.5. The summed E-state index contributed by atoms with van der Waals surface area (Å²) in [6, 6.07) is 31.2. The van der Waals surface area contributed by atoms with E-state index in [-0.39, 0.29) is 35.6 Å². The van der Waals surface area contributed by atoms with Gasteiger partial charge in [-0.3, -0.25) is 0 Å². The molecule has 0 saturated heterocycles. The standard InChI is InChI=1S/C21H25.C15H14.C5H5.2ClH.Hf/c1-20(2,3)16-9-7-14-11-15-8-10-17(21(4,5)6)13-19(15)18(14)12-16;1-12-3-7-14(8-4-12)11-15-9-5-13(2)6-10-15;1-2-4-5-3-1;;;/h7,9-10,12-13H,11H2,1-6H3;3-10H,1-2H3;1-3H,4H2;2*1H;. The number of allylic oxidation sites excluding steroid dienone is 4. The van der Waals surface area contributed by atoms with Crippen LogP contribution in [0.25, 0.3) is 11.1 Å². The van der Waals surface area contributed by atoms with E-state index in [0.717, 1.165) is 12.8 Å². The molecule has 6 rings (SSSR count). The van der Waals surface area contributed by atoms with Gasteiger partial charge in [-0.1, -0.05) is 0 Å². The van der Waals surface area contributed by atoms with Crippen molar-refractivity contribution in [3.8, 4) is 11.1 Å². The molecule has 2 aliphatic rings. The van der Waals surface area contributed by atoms with Crippen molar-refractivity contribution in [2.75, 3.05) is 0 Å². The molecule has 0 amide bonds. The molecule has 0 radical (unpaired) electrons. The van der Waals surface area contributed by atoms with E-state index in [1.807, 2.05) is 0 Å². The summed E-state index contributed by atoms with van der Waals surface area (Å²) < 4.78 is 4.99. The molecular formula is C41H46Cl2Hf. The SMILES string of the molecule is Cc1ccc([C](c2ccc(C)cc2)=[Hf]([C]2=CC=CC2)[c]2cc(C(C)(C)C)cc3c2Cc2ccc(C(C)(C)C)cc2-3)cc1.Cl.Cl. The third kappa shape index (κ3) is 6.76. The fourth-order valence-electron chi connectivity index (χ4n) is 6.39. The molecule has 0 atom stereocenters. The van der Waals surface area contributed by atoms with Crippen molar-refractivity contribution in [2.45, 2.75) is 79.1 Å². The van der Waals surface area contributed by atoms with Gasteiger partial charge in [-0.25, -0.2) is 0 Å². The van der Waals surface area contributed by atoms with Crippen LogP contribution in [0.5, 0.6) is 0 Å². The Morgan fingerprint density at radius 2 is 1.18 bits per heavy atom. The molecule has 0 bridgehead atoms. The first-order valence-electron chi connectivity index (χ1n) is 15.5. The van der Waals surface area contributed by atoms with Crippen LogP contribution < -0.4 is 3.32 Å². The Balaban J connectivity index is 0.00000221. The number of halogens is 2. The third-order valence-electron chi connectivity index (χ3n) is 9.04. The maximum absolute atomic E-state index is 2.93. The predicted octanol–water partition coefficient (Wildman–Crippen LogP) is 10.7. The van der Waals surface area contributed by atoms with Gasteiger partial charge < -0.3 is 0 Å². The van der Waals surface area contributed by atoms with Gasteiger partial charge in [0.15, 0.2) is 0 Å². The maximum atomic E-state index is 2.65. The van der Waals surface area contributed by atoms with E-state index in [9.17, 15) is 0 Å². The van der Waals surface area contributed by atoms with Crippen molar-refractivity contribution in [3.63, 3.8) is 0 Å². The minimum Gasteiger partial charge on any atom is -0.147 e. The molecule has 0 spiro atoms. The second-order valence-corrected chi connectivity index (χ2v) is 23.1. The topological polar surface area (TPSA) is 0 Å². The summed E-state index contributed by atoms with van der Waals surface area (Å²) in [7, 11) is 0. The Hall–Kier alpha value is -2.32. The summed E-state index contributed by atoms with van der Waals surface area (Å²) >= 11 is -2.93. The largest absolute Gasteiger partial charge is 0.147 e. The smallest absolute Gasteiger partial charge is 0.147 e. The first-order valence-corrected chi connectivity index (χ1v) is 20.8. The number of hydrogen-bond donors (Lipinski definition) is 0. The van der Waals surface area contributed by atoms with Crippen LogP contribution in [-0.2, 0) is 38.2 Å². The first-order chi connectivity index (χ1) is 19.9. The number of benzene rings is 4. The fourth-order valence-corrected chi connectivity index (χ4v) is 18.1. The van der Waals surface area contributed by atoms with E-state index in [4.69, 9.17) is 0 Å². The molecule has 44 heavy (non-hydrogen) atoms. The van der Waals surface area contributed by atoms with Gasteiger partial charge in [-0.2, -0.15) is 0 Å². The van der Waals surface area contributed by atoms with Crippen molar-refractivity contribution in [1.82, 2.24) is 0 Å². The fraction of sp³-hybridized carbons (Fsp3) is 0.293. The van der Waals surface area contributed by atoms with E-state index >= 15 is 0 Å². The molecule has 228 valence electrons. The Bertz CT molecular complexity index is 1720. The number of aryl methyl sites for hydroxylation is 2. The number of fused-ring (bicyclic) bond motifs is 3. The Morgan fingerprint density at radius 3 is 1.68 bits per heavy atom. The second kappa shape index (κ2) is 13.2. The third-order valence-corrected chi connectivity index (χ3v) is 20.1. The van der Waals surface area contributed by atoms with Crippen LogP contribution in [0.2, 0.25) is 0 Å². The first kappa shape index (κ1) is 34.6. The van der Waals surface area contributed by atoms with Gasteiger partial charge in [0.2, 0.25) is 0 Å². The molecule has 2 aliphatic carbocycles. The predicted molar refractivity (Wildman–Crippen MR) is 194 cm³/mol. The van der Waals surface area contributed by atoms with Gasteiger partial charge in [0.25, 0.3) is 0 Å². The van der Waals surface area contributed by atoms with Crippen molar-refractivity contribution in [3.05, 3.63) is 145 Å². The second-order valence-electron chi connectivity index (χ2n) is 14.4. The van der Waals surface area contributed by atoms with Gasteiger partial charge >= 0.3 is 263 Å². The molecule has 3 heteroatoms. The van der Waals surface area contributed by atoms with Crippen molar-refractivity contribution in [1.29, 1.82) is 0 Å². The minimum atomic E-state index is -2.93. The van der Waals surface area contributed by atoms with Gasteiger partial charge in [0.05, 0.1) is 0 Å². The zero-order valence-electron chi connectivity index (χ0n) is 27.5. The van der Waals surface area contributed by atoms with Crippen LogP contribution in [0.3, 0.4) is 0 Å². The summed E-state index contributed by atoms with van der Waals surface area (Å²) in [5.74, 6) is 0. The van der Waals surface area contributed by atoms with Gasteiger partial charge in [0.1, 0.15) is 0 Å². The molecule has 4 aromatic carbocycles. The normalized spacial score (nSPS) is 13.4. The van der Waals surface area contributed by atoms with Crippen molar-refractivity contribution in [2.24, 2.45) is 0 Å². The van der Waals surface area contributed by atoms with E-state index < -0.39 is 21.0 Å². The zero-order chi connectivity index (χ0) is 29.8. The Labute approximate surface area is 285 Å². The Morgan fingerprint density at radius 1 is 0.636 bits per heavy atom. The molecule has 4 aromatic rings. The quantitative estimate of drug-likeness (QED) is 0.159. The molecule has 0 unspecified atom stereocenters. The number of hydrogen-bond acceptors (Lipinski definition) is 0. The van der Waals surface area contributed by atoms with E-state index in [2.05, 4.69) is 152 Å². The van der Waals surface area contributed by atoms with E-state index in [0.29, 0.717) is 0 Å². The summed E-state index contributed by atoms with van der Waals surface area (Å²) in [4.78, 5) is 0. The summed E-state index contributed by atoms with van der Waals surface area (Å²) in [5, 5.41) is 0. The van der Waals surface area contributed by atoms with Crippen molar-refractivity contribution >= 4 is 31.4 Å². The van der Waals surface area contributed by atoms with Crippen LogP contribution in [0.1, 0.15) is 92.5 Å². The van der Waals surface area contributed by atoms with Crippen LogP contribution in [0.4, 0.5) is 0 Å². The molecule has 0 heterocycles. The average molecular weight is 788 g/mol. The monoisotopic (exact) mass is 788 g/mol. The molecule has 0 aliphatic heterocycles. The van der Waals surface area contributed by atoms with Gasteiger partial charge in [-0.15, -0.1) is 24.8 Å². The van der Waals surface area contributed by atoms with Gasteiger partial charge in [0, 0.05) is 0 Å². The van der Waals surface area contributed by atoms with Crippen LogP contribution in [-0.4, -0.2) is 3.26 Å². The minimum absolute atomic E-state index is 0. The van der Waals surface area contributed by atoms with Crippen LogP contribution >= 0.6 is 24.8 Å². The van der Waals surface area contributed by atoms with Gasteiger partial charge in [-0.05, 0) is 0 Å². The molecule has 0 N–H and O–H groups in total. The van der Waals surface area contributed by atoms with Crippen molar-refractivity contribution < 1.29 is 21.0 Å². The zero-order valence-corrected chi connectivity index (χ0v) is 32.7. The van der Waals surface area contributed by atoms with Crippen LogP contribution in [0, 0.1) is 13.8 Å².